The van der Waals surface area contributed by atoms with Crippen LogP contribution in [0.3, 0.4) is 0 Å². The van der Waals surface area contributed by atoms with Gasteiger partial charge in [0.25, 0.3) is 0 Å². The SMILES string of the molecule is CC[c-]1c(C)c(C)c2c1CCCC2.[Ti+2]. The van der Waals surface area contributed by atoms with Gasteiger partial charge in [-0.25, -0.2) is 0 Å². The van der Waals surface area contributed by atoms with Crippen molar-refractivity contribution in [3.8, 4) is 0 Å². The van der Waals surface area contributed by atoms with E-state index in [1.165, 1.54) is 32.1 Å². The normalized spacial score (nSPS) is 14.8. The molecule has 0 heterocycles. The maximum Gasteiger partial charge on any atom is 2.00 e. The Balaban J connectivity index is 0.000000980. The summed E-state index contributed by atoms with van der Waals surface area (Å²) in [6.07, 6.45) is 6.71. The van der Waals surface area contributed by atoms with Crippen LogP contribution in [0.5, 0.6) is 0 Å². The molecule has 0 saturated heterocycles. The van der Waals surface area contributed by atoms with E-state index in [-0.39, 0.29) is 21.7 Å². The maximum absolute atomic E-state index is 2.30. The molecule has 0 aliphatic heterocycles. The van der Waals surface area contributed by atoms with Crippen molar-refractivity contribution in [2.75, 3.05) is 0 Å². The molecule has 0 nitrogen and oxygen atoms in total. The van der Waals surface area contributed by atoms with Crippen LogP contribution in [-0.2, 0) is 41.0 Å². The third-order valence-electron chi connectivity index (χ3n) is 3.65. The van der Waals surface area contributed by atoms with Gasteiger partial charge in [-0.15, -0.1) is 0 Å². The average molecular weight is 223 g/mol. The predicted molar refractivity (Wildman–Crippen MR) is 57.5 cm³/mol. The summed E-state index contributed by atoms with van der Waals surface area (Å²) in [5.74, 6) is 0. The average Bonchev–Trinajstić information content (AvgIpc) is 2.41. The predicted octanol–water partition coefficient (Wildman–Crippen LogP) is 3.46. The van der Waals surface area contributed by atoms with Crippen LogP contribution in [0.2, 0.25) is 0 Å². The van der Waals surface area contributed by atoms with Crippen molar-refractivity contribution >= 4 is 0 Å². The van der Waals surface area contributed by atoms with Crippen LogP contribution < -0.4 is 0 Å². The molecule has 0 fully saturated rings. The van der Waals surface area contributed by atoms with Crippen molar-refractivity contribution in [3.63, 3.8) is 0 Å². The van der Waals surface area contributed by atoms with Gasteiger partial charge in [-0.1, -0.05) is 52.9 Å². The molecule has 1 aliphatic carbocycles. The van der Waals surface area contributed by atoms with E-state index in [9.17, 15) is 0 Å². The first-order valence-corrected chi connectivity index (χ1v) is 5.52. The Bertz CT molecular complexity index is 301. The van der Waals surface area contributed by atoms with Crippen molar-refractivity contribution in [3.05, 3.63) is 27.8 Å². The number of rotatable bonds is 1. The van der Waals surface area contributed by atoms with E-state index in [1.54, 1.807) is 27.8 Å². The van der Waals surface area contributed by atoms with E-state index < -0.39 is 0 Å². The molecule has 2 rings (SSSR count). The van der Waals surface area contributed by atoms with E-state index in [0.717, 1.165) is 0 Å². The largest absolute Gasteiger partial charge is 2.00 e. The van der Waals surface area contributed by atoms with E-state index >= 15 is 0 Å². The minimum atomic E-state index is 0. The fourth-order valence-electron chi connectivity index (χ4n) is 2.81. The van der Waals surface area contributed by atoms with Crippen molar-refractivity contribution in [1.29, 1.82) is 0 Å². The van der Waals surface area contributed by atoms with Gasteiger partial charge in [-0.05, 0) is 0 Å². The molecule has 0 spiro atoms. The van der Waals surface area contributed by atoms with Gasteiger partial charge in [0.1, 0.15) is 0 Å². The van der Waals surface area contributed by atoms with Gasteiger partial charge in [0.05, 0.1) is 0 Å². The standard InChI is InChI=1S/C13H19.Ti/c1-4-11-9(2)10(3)12-7-5-6-8-13(11)12;/h4-8H2,1-3H3;/q-1;+2. The topological polar surface area (TPSA) is 0 Å². The molecule has 0 saturated carbocycles. The molecule has 74 valence electrons. The second kappa shape index (κ2) is 4.72. The van der Waals surface area contributed by atoms with Crippen molar-refractivity contribution in [1.82, 2.24) is 0 Å². The molecule has 1 aromatic rings. The van der Waals surface area contributed by atoms with E-state index in [1.807, 2.05) is 0 Å². The van der Waals surface area contributed by atoms with Crippen LogP contribution in [0.15, 0.2) is 0 Å². The molecule has 0 unspecified atom stereocenters. The molecule has 1 aliphatic rings. The van der Waals surface area contributed by atoms with Crippen LogP contribution >= 0.6 is 0 Å². The fraction of sp³-hybridized carbons (Fsp3) is 0.615. The third-order valence-corrected chi connectivity index (χ3v) is 3.65. The van der Waals surface area contributed by atoms with Gasteiger partial charge >= 0.3 is 21.7 Å². The molecule has 1 aromatic carbocycles. The Labute approximate surface area is 102 Å². The summed E-state index contributed by atoms with van der Waals surface area (Å²) < 4.78 is 0. The van der Waals surface area contributed by atoms with Gasteiger partial charge in [0, 0.05) is 0 Å². The monoisotopic (exact) mass is 223 g/mol. The third kappa shape index (κ3) is 1.75. The Morgan fingerprint density at radius 1 is 1.14 bits per heavy atom. The first-order chi connectivity index (χ1) is 6.25. The summed E-state index contributed by atoms with van der Waals surface area (Å²) in [4.78, 5) is 0. The minimum Gasteiger partial charge on any atom is -0.195 e. The Hall–Kier alpha value is 0.0643. The van der Waals surface area contributed by atoms with E-state index in [0.29, 0.717) is 0 Å². The zero-order valence-corrected chi connectivity index (χ0v) is 11.1. The van der Waals surface area contributed by atoms with Crippen molar-refractivity contribution < 1.29 is 21.7 Å². The maximum atomic E-state index is 2.30. The molecule has 0 atom stereocenters. The number of hydrogen-bond donors (Lipinski definition) is 0. The second-order valence-corrected chi connectivity index (χ2v) is 4.25. The van der Waals surface area contributed by atoms with Crippen molar-refractivity contribution in [2.45, 2.75) is 52.9 Å². The van der Waals surface area contributed by atoms with Crippen LogP contribution in [0.4, 0.5) is 0 Å². The second-order valence-electron chi connectivity index (χ2n) is 4.25. The molecule has 14 heavy (non-hydrogen) atoms. The van der Waals surface area contributed by atoms with Crippen LogP contribution in [-0.4, -0.2) is 0 Å². The van der Waals surface area contributed by atoms with Crippen LogP contribution in [0.25, 0.3) is 0 Å². The van der Waals surface area contributed by atoms with Crippen molar-refractivity contribution in [2.24, 2.45) is 0 Å². The van der Waals surface area contributed by atoms with E-state index in [2.05, 4.69) is 20.8 Å². The first-order valence-electron chi connectivity index (χ1n) is 5.52. The molecular formula is C13H19Ti+. The number of hydrogen-bond acceptors (Lipinski definition) is 0. The van der Waals surface area contributed by atoms with Crippen LogP contribution in [0.1, 0.15) is 47.6 Å². The molecule has 0 amide bonds. The zero-order chi connectivity index (χ0) is 9.42. The van der Waals surface area contributed by atoms with Crippen LogP contribution in [0, 0.1) is 13.8 Å². The fourth-order valence-corrected chi connectivity index (χ4v) is 2.81. The zero-order valence-electron chi connectivity index (χ0n) is 9.54. The van der Waals surface area contributed by atoms with Gasteiger partial charge in [0.15, 0.2) is 0 Å². The summed E-state index contributed by atoms with van der Waals surface area (Å²) in [6, 6.07) is 0. The molecule has 0 radical (unpaired) electrons. The molecular weight excluding hydrogens is 204 g/mol. The smallest absolute Gasteiger partial charge is 0.195 e. The molecule has 1 heteroatoms. The number of fused-ring (bicyclic) bond motifs is 1. The Kier molecular flexibility index (Phi) is 4.09. The molecule has 0 N–H and O–H groups in total. The quantitative estimate of drug-likeness (QED) is 0.505. The van der Waals surface area contributed by atoms with Gasteiger partial charge < -0.3 is 0 Å². The summed E-state index contributed by atoms with van der Waals surface area (Å²) in [6.45, 7) is 6.89. The summed E-state index contributed by atoms with van der Waals surface area (Å²) in [5.41, 5.74) is 8.23. The van der Waals surface area contributed by atoms with Gasteiger partial charge in [0.2, 0.25) is 0 Å². The summed E-state index contributed by atoms with van der Waals surface area (Å²) in [5, 5.41) is 0. The molecule has 0 bridgehead atoms. The Morgan fingerprint density at radius 2 is 1.79 bits per heavy atom. The van der Waals surface area contributed by atoms with Gasteiger partial charge in [-0.2, -0.15) is 27.8 Å². The minimum absolute atomic E-state index is 0. The summed E-state index contributed by atoms with van der Waals surface area (Å²) >= 11 is 0. The molecule has 0 aromatic heterocycles. The first kappa shape index (κ1) is 12.1. The van der Waals surface area contributed by atoms with Gasteiger partial charge in [-0.3, -0.25) is 0 Å². The van der Waals surface area contributed by atoms with E-state index in [4.69, 9.17) is 0 Å². The summed E-state index contributed by atoms with van der Waals surface area (Å²) in [7, 11) is 0. The Morgan fingerprint density at radius 3 is 2.43 bits per heavy atom.